The lowest BCUT2D eigenvalue weighted by atomic mass is 10.1. The fraction of sp³-hybridized carbons (Fsp3) is 0.269. The van der Waals surface area contributed by atoms with E-state index in [1.54, 1.807) is 10.8 Å². The third kappa shape index (κ3) is 5.66. The number of aryl methyl sites for hydroxylation is 3. The minimum absolute atomic E-state index is 0.0428. The Morgan fingerprint density at radius 3 is 2.50 bits per heavy atom. The maximum absolute atomic E-state index is 13.0. The van der Waals surface area contributed by atoms with Crippen LogP contribution in [0.2, 0.25) is 5.02 Å². The highest BCUT2D eigenvalue weighted by Crippen LogP contribution is 2.29. The Labute approximate surface area is 204 Å². The first-order valence-corrected chi connectivity index (χ1v) is 11.4. The van der Waals surface area contributed by atoms with Crippen LogP contribution in [0.3, 0.4) is 0 Å². The summed E-state index contributed by atoms with van der Waals surface area (Å²) in [7, 11) is 1.45. The van der Waals surface area contributed by atoms with Crippen LogP contribution in [0.1, 0.15) is 36.3 Å². The molecule has 0 fully saturated rings. The molecule has 0 amide bonds. The van der Waals surface area contributed by atoms with Crippen molar-refractivity contribution < 1.29 is 9.25 Å². The van der Waals surface area contributed by atoms with Crippen molar-refractivity contribution in [3.8, 4) is 0 Å². The average Bonchev–Trinajstić information content (AvgIpc) is 3.18. The minimum Gasteiger partial charge on any atom is -0.461 e. The Bertz CT molecular complexity index is 1330. The molecule has 0 aliphatic heterocycles. The molecule has 0 atom stereocenters. The van der Waals surface area contributed by atoms with Gasteiger partial charge in [0.1, 0.15) is 18.5 Å². The lowest BCUT2D eigenvalue weighted by molar-refractivity contribution is 0.217. The number of benzene rings is 2. The van der Waals surface area contributed by atoms with E-state index in [9.17, 15) is 4.79 Å². The van der Waals surface area contributed by atoms with Crippen molar-refractivity contribution in [2.45, 2.75) is 40.2 Å². The summed E-state index contributed by atoms with van der Waals surface area (Å²) in [5, 5.41) is 8.04. The van der Waals surface area contributed by atoms with E-state index >= 15 is 0 Å². The van der Waals surface area contributed by atoms with E-state index in [1.807, 2.05) is 49.4 Å². The third-order valence-electron chi connectivity index (χ3n) is 5.49. The van der Waals surface area contributed by atoms with Crippen molar-refractivity contribution in [2.24, 2.45) is 5.16 Å². The third-order valence-corrected chi connectivity index (χ3v) is 5.75. The first kappa shape index (κ1) is 25.1. The summed E-state index contributed by atoms with van der Waals surface area (Å²) in [6.07, 6.45) is 3.14. The molecule has 1 N–H and O–H groups in total. The van der Waals surface area contributed by atoms with Crippen LogP contribution in [-0.4, -0.2) is 23.4 Å². The van der Waals surface area contributed by atoms with Crippen LogP contribution in [0.15, 0.2) is 63.0 Å². The highest BCUT2D eigenvalue weighted by atomic mass is 35.5. The second-order valence-electron chi connectivity index (χ2n) is 7.63. The van der Waals surface area contributed by atoms with Gasteiger partial charge in [-0.15, -0.1) is 5.16 Å². The molecular formula is C26H29ClN4O3. The Hall–Kier alpha value is -3.58. The average molecular weight is 481 g/mol. The summed E-state index contributed by atoms with van der Waals surface area (Å²) in [5.41, 5.74) is 4.48. The van der Waals surface area contributed by atoms with Crippen molar-refractivity contribution in [1.82, 2.24) is 9.55 Å². The number of furan rings is 1. The number of nitrogens with one attached hydrogen (secondary N) is 1. The predicted octanol–water partition coefficient (Wildman–Crippen LogP) is 6.12. The molecule has 0 bridgehead atoms. The molecule has 34 heavy (non-hydrogen) atoms. The molecule has 2 aromatic carbocycles. The number of aromatic nitrogens is 2. The Morgan fingerprint density at radius 1 is 1.18 bits per heavy atom. The number of fused-ring (bicyclic) bond motifs is 1. The van der Waals surface area contributed by atoms with Crippen LogP contribution < -0.4 is 10.9 Å². The molecule has 8 heteroatoms. The molecule has 7 nitrogen and oxygen atoms in total. The number of nitrogens with zero attached hydrogens (tertiary/aromatic N) is 3. The summed E-state index contributed by atoms with van der Waals surface area (Å²) >= 11 is 6.00. The molecule has 0 saturated carbocycles. The van der Waals surface area contributed by atoms with Gasteiger partial charge in [-0.1, -0.05) is 37.6 Å². The standard InChI is InChI=1S/C24H24ClN3O2.C2H5NO/c1-4-17-13-26-24(28(23(17)29)14-16-6-8-18(25)9-7-16)27-19-10-11-22-20(12-19)15(3)21(5-2)30-22;1-3-4-2/h6-13H,4-5,14H2,1-3H3,(H,26,27);1H2,2H3. The first-order chi connectivity index (χ1) is 16.4. The maximum atomic E-state index is 13.0. The number of anilines is 2. The van der Waals surface area contributed by atoms with E-state index in [4.69, 9.17) is 16.0 Å². The van der Waals surface area contributed by atoms with Gasteiger partial charge in [0.2, 0.25) is 5.95 Å². The van der Waals surface area contributed by atoms with Crippen LogP contribution in [0.25, 0.3) is 11.0 Å². The van der Waals surface area contributed by atoms with Gasteiger partial charge in [0, 0.05) is 41.0 Å². The monoisotopic (exact) mass is 480 g/mol. The molecule has 0 unspecified atom stereocenters. The summed E-state index contributed by atoms with van der Waals surface area (Å²) in [6.45, 7) is 9.52. The summed E-state index contributed by atoms with van der Waals surface area (Å²) in [4.78, 5) is 21.6. The zero-order valence-corrected chi connectivity index (χ0v) is 20.6. The van der Waals surface area contributed by atoms with Crippen molar-refractivity contribution in [3.63, 3.8) is 0 Å². The lowest BCUT2D eigenvalue weighted by Crippen LogP contribution is -2.27. The molecule has 2 aromatic heterocycles. The SMILES string of the molecule is C=NOC.CCc1oc2ccc(Nc3ncc(CC)c(=O)n3Cc3ccc(Cl)cc3)cc2c1C. The van der Waals surface area contributed by atoms with Crippen LogP contribution in [0, 0.1) is 6.92 Å². The van der Waals surface area contributed by atoms with E-state index in [1.165, 1.54) is 7.11 Å². The summed E-state index contributed by atoms with van der Waals surface area (Å²) in [5.74, 6) is 1.50. The smallest absolute Gasteiger partial charge is 0.258 e. The Kier molecular flexibility index (Phi) is 8.49. The van der Waals surface area contributed by atoms with Gasteiger partial charge in [0.15, 0.2) is 0 Å². The zero-order chi connectivity index (χ0) is 24.7. The molecule has 0 spiro atoms. The number of oxime groups is 1. The van der Waals surface area contributed by atoms with Crippen LogP contribution >= 0.6 is 11.6 Å². The maximum Gasteiger partial charge on any atom is 0.258 e. The van der Waals surface area contributed by atoms with Crippen molar-refractivity contribution >= 4 is 40.9 Å². The van der Waals surface area contributed by atoms with Gasteiger partial charge in [0.25, 0.3) is 5.56 Å². The van der Waals surface area contributed by atoms with Gasteiger partial charge in [0.05, 0.1) is 6.54 Å². The molecule has 0 radical (unpaired) electrons. The number of rotatable bonds is 7. The molecule has 0 aliphatic rings. The van der Waals surface area contributed by atoms with Gasteiger partial charge >= 0.3 is 0 Å². The van der Waals surface area contributed by atoms with Crippen molar-refractivity contribution in [2.75, 3.05) is 12.4 Å². The van der Waals surface area contributed by atoms with E-state index in [-0.39, 0.29) is 5.56 Å². The summed E-state index contributed by atoms with van der Waals surface area (Å²) in [6, 6.07) is 13.4. The van der Waals surface area contributed by atoms with Gasteiger partial charge in [-0.3, -0.25) is 9.36 Å². The Balaban J connectivity index is 0.000000751. The fourth-order valence-electron chi connectivity index (χ4n) is 3.61. The fourth-order valence-corrected chi connectivity index (χ4v) is 3.74. The van der Waals surface area contributed by atoms with E-state index in [0.717, 1.165) is 40.0 Å². The second-order valence-corrected chi connectivity index (χ2v) is 8.07. The molecule has 0 saturated heterocycles. The van der Waals surface area contributed by atoms with Crippen molar-refractivity contribution in [1.29, 1.82) is 0 Å². The molecule has 2 heterocycles. The largest absolute Gasteiger partial charge is 0.461 e. The second kappa shape index (κ2) is 11.5. The predicted molar refractivity (Wildman–Crippen MR) is 139 cm³/mol. The van der Waals surface area contributed by atoms with Crippen molar-refractivity contribution in [3.05, 3.63) is 86.5 Å². The van der Waals surface area contributed by atoms with Crippen LogP contribution in [0.4, 0.5) is 11.6 Å². The lowest BCUT2D eigenvalue weighted by Gasteiger charge is -2.15. The highest BCUT2D eigenvalue weighted by Gasteiger charge is 2.13. The number of hydrogen-bond acceptors (Lipinski definition) is 6. The topological polar surface area (TPSA) is 81.7 Å². The number of hydrogen-bond donors (Lipinski definition) is 1. The van der Waals surface area contributed by atoms with Gasteiger partial charge in [-0.05, 0) is 54.8 Å². The molecule has 4 aromatic rings. The van der Waals surface area contributed by atoms with Crippen LogP contribution in [-0.2, 0) is 24.2 Å². The normalized spacial score (nSPS) is 10.5. The van der Waals surface area contributed by atoms with Gasteiger partial charge in [-0.25, -0.2) is 4.98 Å². The summed E-state index contributed by atoms with van der Waals surface area (Å²) < 4.78 is 7.58. The van der Waals surface area contributed by atoms with Crippen LogP contribution in [0.5, 0.6) is 0 Å². The van der Waals surface area contributed by atoms with E-state index in [0.29, 0.717) is 29.5 Å². The van der Waals surface area contributed by atoms with E-state index in [2.05, 4.69) is 40.9 Å². The first-order valence-electron chi connectivity index (χ1n) is 11.0. The highest BCUT2D eigenvalue weighted by molar-refractivity contribution is 6.30. The quantitative estimate of drug-likeness (QED) is 0.254. The van der Waals surface area contributed by atoms with Gasteiger partial charge in [-0.2, -0.15) is 0 Å². The molecule has 178 valence electrons. The molecule has 0 aliphatic carbocycles. The molecule has 4 rings (SSSR count). The number of halogens is 1. The van der Waals surface area contributed by atoms with E-state index < -0.39 is 0 Å². The minimum atomic E-state index is -0.0428. The Morgan fingerprint density at radius 2 is 1.88 bits per heavy atom. The van der Waals surface area contributed by atoms with Gasteiger partial charge < -0.3 is 14.6 Å². The zero-order valence-electron chi connectivity index (χ0n) is 19.9. The molecular weight excluding hydrogens is 452 g/mol.